The van der Waals surface area contributed by atoms with Gasteiger partial charge in [-0.2, -0.15) is 0 Å². The van der Waals surface area contributed by atoms with Gasteiger partial charge in [-0.15, -0.1) is 0 Å². The van der Waals surface area contributed by atoms with Crippen molar-refractivity contribution >= 4 is 10.0 Å². The molecule has 2 unspecified atom stereocenters. The lowest BCUT2D eigenvalue weighted by molar-refractivity contribution is 0.172. The standard InChI is InChI=1S/C16H24N2O3S/c1-16(7-8-16)22(20,21)17-10-14-9-15(19)12-18(14)11-13-5-3-2-4-6-13/h2-6,14-15,17,19H,7-12H2,1H3. The molecule has 0 radical (unpaired) electrons. The molecule has 122 valence electrons. The van der Waals surface area contributed by atoms with Crippen LogP contribution in [0.25, 0.3) is 0 Å². The normalized spacial score (nSPS) is 27.9. The van der Waals surface area contributed by atoms with Gasteiger partial charge in [0.15, 0.2) is 0 Å². The molecule has 1 aliphatic heterocycles. The van der Waals surface area contributed by atoms with Crippen LogP contribution in [0.15, 0.2) is 30.3 Å². The van der Waals surface area contributed by atoms with E-state index < -0.39 is 14.8 Å². The van der Waals surface area contributed by atoms with Gasteiger partial charge in [0.05, 0.1) is 10.9 Å². The second kappa shape index (κ2) is 5.92. The third-order valence-electron chi connectivity index (χ3n) is 4.85. The van der Waals surface area contributed by atoms with Gasteiger partial charge in [0.25, 0.3) is 0 Å². The molecule has 0 spiro atoms. The van der Waals surface area contributed by atoms with Crippen molar-refractivity contribution in [3.63, 3.8) is 0 Å². The summed E-state index contributed by atoms with van der Waals surface area (Å²) in [5, 5.41) is 9.93. The van der Waals surface area contributed by atoms with Gasteiger partial charge >= 0.3 is 0 Å². The van der Waals surface area contributed by atoms with Crippen LogP contribution in [0.2, 0.25) is 0 Å². The summed E-state index contributed by atoms with van der Waals surface area (Å²) in [4.78, 5) is 2.16. The second-order valence-electron chi connectivity index (χ2n) is 6.76. The maximum atomic E-state index is 12.2. The molecule has 1 aromatic rings. The van der Waals surface area contributed by atoms with E-state index in [1.54, 1.807) is 6.92 Å². The van der Waals surface area contributed by atoms with Crippen LogP contribution in [-0.2, 0) is 16.6 Å². The summed E-state index contributed by atoms with van der Waals surface area (Å²) in [6, 6.07) is 10.1. The quantitative estimate of drug-likeness (QED) is 0.822. The monoisotopic (exact) mass is 324 g/mol. The van der Waals surface area contributed by atoms with Crippen molar-refractivity contribution in [1.29, 1.82) is 0 Å². The van der Waals surface area contributed by atoms with Crippen molar-refractivity contribution in [2.24, 2.45) is 0 Å². The third kappa shape index (κ3) is 3.35. The Balaban J connectivity index is 1.61. The van der Waals surface area contributed by atoms with E-state index in [4.69, 9.17) is 0 Å². The van der Waals surface area contributed by atoms with Crippen molar-refractivity contribution in [2.45, 2.75) is 49.6 Å². The average Bonchev–Trinajstić information content (AvgIpc) is 3.14. The first-order valence-electron chi connectivity index (χ1n) is 7.85. The predicted octanol–water partition coefficient (Wildman–Crippen LogP) is 1.09. The number of aliphatic hydroxyl groups is 1. The third-order valence-corrected chi connectivity index (χ3v) is 7.10. The molecule has 0 aromatic heterocycles. The van der Waals surface area contributed by atoms with Crippen LogP contribution in [0.5, 0.6) is 0 Å². The molecular formula is C16H24N2O3S. The fourth-order valence-electron chi connectivity index (χ4n) is 3.01. The maximum absolute atomic E-state index is 12.2. The number of nitrogens with zero attached hydrogens (tertiary/aromatic N) is 1. The summed E-state index contributed by atoms with van der Waals surface area (Å²) in [5.74, 6) is 0. The molecule has 1 aromatic carbocycles. The number of sulfonamides is 1. The molecule has 2 aliphatic rings. The molecular weight excluding hydrogens is 300 g/mol. The van der Waals surface area contributed by atoms with E-state index in [0.29, 0.717) is 19.5 Å². The number of hydrogen-bond donors (Lipinski definition) is 2. The highest BCUT2D eigenvalue weighted by Gasteiger charge is 2.50. The van der Waals surface area contributed by atoms with E-state index in [2.05, 4.69) is 21.8 Å². The molecule has 2 N–H and O–H groups in total. The zero-order chi connectivity index (χ0) is 15.8. The van der Waals surface area contributed by atoms with Crippen LogP contribution >= 0.6 is 0 Å². The van der Waals surface area contributed by atoms with E-state index in [1.807, 2.05) is 18.2 Å². The summed E-state index contributed by atoms with van der Waals surface area (Å²) >= 11 is 0. The Labute approximate surface area is 132 Å². The van der Waals surface area contributed by atoms with Crippen molar-refractivity contribution < 1.29 is 13.5 Å². The minimum atomic E-state index is -3.25. The number of hydrogen-bond acceptors (Lipinski definition) is 4. The SMILES string of the molecule is CC1(S(=O)(=O)NCC2CC(O)CN2Cc2ccccc2)CC1. The van der Waals surface area contributed by atoms with Crippen LogP contribution in [0.3, 0.4) is 0 Å². The lowest BCUT2D eigenvalue weighted by atomic mass is 10.2. The van der Waals surface area contributed by atoms with Gasteiger partial charge in [-0.1, -0.05) is 30.3 Å². The molecule has 1 heterocycles. The van der Waals surface area contributed by atoms with E-state index in [9.17, 15) is 13.5 Å². The Hall–Kier alpha value is -0.950. The molecule has 1 saturated heterocycles. The summed E-state index contributed by atoms with van der Waals surface area (Å²) in [5.41, 5.74) is 1.18. The number of aliphatic hydroxyl groups excluding tert-OH is 1. The lowest BCUT2D eigenvalue weighted by Gasteiger charge is -2.25. The number of benzene rings is 1. The van der Waals surface area contributed by atoms with Gasteiger partial charge in [0.2, 0.25) is 10.0 Å². The highest BCUT2D eigenvalue weighted by molar-refractivity contribution is 7.91. The molecule has 1 aliphatic carbocycles. The zero-order valence-electron chi connectivity index (χ0n) is 12.9. The summed E-state index contributed by atoms with van der Waals surface area (Å²) in [6.45, 7) is 3.50. The molecule has 2 atom stereocenters. The van der Waals surface area contributed by atoms with Crippen molar-refractivity contribution in [3.05, 3.63) is 35.9 Å². The Kier molecular flexibility index (Phi) is 4.29. The Morgan fingerprint density at radius 3 is 2.64 bits per heavy atom. The number of nitrogens with one attached hydrogen (secondary N) is 1. The van der Waals surface area contributed by atoms with Gasteiger partial charge in [0, 0.05) is 25.7 Å². The number of β-amino-alcohol motifs (C(OH)–C–C–N with tert-alkyl or cyclic N) is 1. The molecule has 1 saturated carbocycles. The fourth-order valence-corrected chi connectivity index (χ4v) is 4.41. The van der Waals surface area contributed by atoms with E-state index in [-0.39, 0.29) is 12.1 Å². The van der Waals surface area contributed by atoms with Crippen molar-refractivity contribution in [2.75, 3.05) is 13.1 Å². The van der Waals surface area contributed by atoms with E-state index in [0.717, 1.165) is 19.4 Å². The predicted molar refractivity (Wildman–Crippen MR) is 85.8 cm³/mol. The fraction of sp³-hybridized carbons (Fsp3) is 0.625. The molecule has 5 nitrogen and oxygen atoms in total. The minimum Gasteiger partial charge on any atom is -0.392 e. The van der Waals surface area contributed by atoms with Crippen LogP contribution in [0.4, 0.5) is 0 Å². The highest BCUT2D eigenvalue weighted by Crippen LogP contribution is 2.42. The smallest absolute Gasteiger partial charge is 0.217 e. The number of likely N-dealkylation sites (tertiary alicyclic amines) is 1. The highest BCUT2D eigenvalue weighted by atomic mass is 32.2. The molecule has 6 heteroatoms. The van der Waals surface area contributed by atoms with Gasteiger partial charge in [-0.3, -0.25) is 4.90 Å². The molecule has 0 amide bonds. The first-order chi connectivity index (χ1) is 10.4. The Bertz CT molecular complexity index is 614. The summed E-state index contributed by atoms with van der Waals surface area (Å²) < 4.78 is 26.6. The van der Waals surface area contributed by atoms with Crippen LogP contribution in [-0.4, -0.2) is 48.4 Å². The van der Waals surface area contributed by atoms with Gasteiger partial charge < -0.3 is 5.11 Å². The van der Waals surface area contributed by atoms with Crippen molar-refractivity contribution in [1.82, 2.24) is 9.62 Å². The van der Waals surface area contributed by atoms with Crippen LogP contribution in [0, 0.1) is 0 Å². The molecule has 2 fully saturated rings. The van der Waals surface area contributed by atoms with Crippen LogP contribution < -0.4 is 4.72 Å². The van der Waals surface area contributed by atoms with E-state index in [1.165, 1.54) is 5.56 Å². The molecule has 3 rings (SSSR count). The first kappa shape index (κ1) is 15.9. The maximum Gasteiger partial charge on any atom is 0.217 e. The largest absolute Gasteiger partial charge is 0.392 e. The topological polar surface area (TPSA) is 69.6 Å². The average molecular weight is 324 g/mol. The van der Waals surface area contributed by atoms with Gasteiger partial charge in [-0.05, 0) is 31.7 Å². The van der Waals surface area contributed by atoms with Gasteiger partial charge in [0.1, 0.15) is 0 Å². The number of rotatable bonds is 6. The van der Waals surface area contributed by atoms with E-state index >= 15 is 0 Å². The minimum absolute atomic E-state index is 0.0485. The van der Waals surface area contributed by atoms with Crippen LogP contribution in [0.1, 0.15) is 31.7 Å². The Morgan fingerprint density at radius 1 is 1.32 bits per heavy atom. The second-order valence-corrected chi connectivity index (χ2v) is 9.04. The van der Waals surface area contributed by atoms with Gasteiger partial charge in [-0.25, -0.2) is 13.1 Å². The zero-order valence-corrected chi connectivity index (χ0v) is 13.7. The molecule has 0 bridgehead atoms. The Morgan fingerprint density at radius 2 is 2.00 bits per heavy atom. The lowest BCUT2D eigenvalue weighted by Crippen LogP contribution is -2.43. The first-order valence-corrected chi connectivity index (χ1v) is 9.33. The molecule has 22 heavy (non-hydrogen) atoms. The summed E-state index contributed by atoms with van der Waals surface area (Å²) in [7, 11) is -3.25. The van der Waals surface area contributed by atoms with Crippen molar-refractivity contribution in [3.8, 4) is 0 Å². The summed E-state index contributed by atoms with van der Waals surface area (Å²) in [6.07, 6.45) is 1.72.